The first-order valence-corrected chi connectivity index (χ1v) is 5.58. The van der Waals surface area contributed by atoms with Crippen molar-refractivity contribution >= 4 is 5.97 Å². The molecule has 7 heteroatoms. The van der Waals surface area contributed by atoms with E-state index < -0.39 is 5.97 Å². The topological polar surface area (TPSA) is 83.3 Å². The summed E-state index contributed by atoms with van der Waals surface area (Å²) in [5.74, 6) is -1.05. The normalized spacial score (nSPS) is 11.0. The van der Waals surface area contributed by atoms with Gasteiger partial charge in [0.05, 0.1) is 12.7 Å². The summed E-state index contributed by atoms with van der Waals surface area (Å²) in [6, 6.07) is 0. The SMILES string of the molecule is CN(C)CCCNCCn1cc(C(=O)O)nn1. The highest BCUT2D eigenvalue weighted by Gasteiger charge is 2.07. The van der Waals surface area contributed by atoms with Crippen LogP contribution in [0.1, 0.15) is 16.9 Å². The number of hydrogen-bond acceptors (Lipinski definition) is 5. The van der Waals surface area contributed by atoms with Gasteiger partial charge in [-0.1, -0.05) is 5.21 Å². The van der Waals surface area contributed by atoms with Gasteiger partial charge in [-0.3, -0.25) is 4.68 Å². The Balaban J connectivity index is 2.11. The number of nitrogens with zero attached hydrogens (tertiary/aromatic N) is 4. The number of nitrogens with one attached hydrogen (secondary N) is 1. The van der Waals surface area contributed by atoms with Crippen LogP contribution in [-0.4, -0.2) is 64.7 Å². The molecule has 0 spiro atoms. The van der Waals surface area contributed by atoms with Crippen LogP contribution in [0.5, 0.6) is 0 Å². The first-order valence-electron chi connectivity index (χ1n) is 5.58. The number of rotatable bonds is 8. The van der Waals surface area contributed by atoms with E-state index in [9.17, 15) is 4.79 Å². The van der Waals surface area contributed by atoms with Crippen molar-refractivity contribution in [1.82, 2.24) is 25.2 Å². The van der Waals surface area contributed by atoms with Crippen molar-refractivity contribution in [3.63, 3.8) is 0 Å². The summed E-state index contributed by atoms with van der Waals surface area (Å²) >= 11 is 0. The number of aromatic nitrogens is 3. The van der Waals surface area contributed by atoms with E-state index in [1.165, 1.54) is 10.9 Å². The van der Waals surface area contributed by atoms with Gasteiger partial charge in [-0.2, -0.15) is 0 Å². The summed E-state index contributed by atoms with van der Waals surface area (Å²) in [7, 11) is 4.09. The van der Waals surface area contributed by atoms with Crippen molar-refractivity contribution in [2.24, 2.45) is 0 Å². The standard InChI is InChI=1S/C10H19N5O2/c1-14(2)6-3-4-11-5-7-15-8-9(10(16)17)12-13-15/h8,11H,3-7H2,1-2H3,(H,16,17). The van der Waals surface area contributed by atoms with Gasteiger partial charge in [0.1, 0.15) is 0 Å². The maximum absolute atomic E-state index is 10.6. The molecule has 0 aliphatic carbocycles. The molecular weight excluding hydrogens is 222 g/mol. The van der Waals surface area contributed by atoms with Crippen LogP contribution < -0.4 is 5.32 Å². The van der Waals surface area contributed by atoms with Crippen molar-refractivity contribution in [3.8, 4) is 0 Å². The average Bonchev–Trinajstić information content (AvgIpc) is 2.71. The molecule has 0 amide bonds. The van der Waals surface area contributed by atoms with Gasteiger partial charge >= 0.3 is 5.97 Å². The molecule has 1 heterocycles. The van der Waals surface area contributed by atoms with Crippen LogP contribution in [0.2, 0.25) is 0 Å². The predicted octanol–water partition coefficient (Wildman–Crippen LogP) is -0.482. The molecule has 17 heavy (non-hydrogen) atoms. The number of carboxylic acids is 1. The largest absolute Gasteiger partial charge is 0.476 e. The molecule has 1 aromatic rings. The van der Waals surface area contributed by atoms with Gasteiger partial charge in [-0.05, 0) is 33.6 Å². The van der Waals surface area contributed by atoms with Crippen LogP contribution in [0.15, 0.2) is 6.20 Å². The van der Waals surface area contributed by atoms with E-state index in [1.807, 2.05) is 14.1 Å². The summed E-state index contributed by atoms with van der Waals surface area (Å²) in [5, 5.41) is 19.2. The third kappa shape index (κ3) is 5.41. The van der Waals surface area contributed by atoms with Crippen LogP contribution in [0.3, 0.4) is 0 Å². The van der Waals surface area contributed by atoms with E-state index in [0.29, 0.717) is 6.54 Å². The van der Waals surface area contributed by atoms with Gasteiger partial charge in [0, 0.05) is 6.54 Å². The molecule has 0 saturated heterocycles. The molecule has 0 bridgehead atoms. The lowest BCUT2D eigenvalue weighted by molar-refractivity contribution is 0.0690. The van der Waals surface area contributed by atoms with E-state index >= 15 is 0 Å². The van der Waals surface area contributed by atoms with Crippen LogP contribution in [0.25, 0.3) is 0 Å². The number of aromatic carboxylic acids is 1. The highest BCUT2D eigenvalue weighted by atomic mass is 16.4. The van der Waals surface area contributed by atoms with Gasteiger partial charge in [0.15, 0.2) is 5.69 Å². The van der Waals surface area contributed by atoms with Gasteiger partial charge in [-0.25, -0.2) is 4.79 Å². The quantitative estimate of drug-likeness (QED) is 0.598. The molecule has 0 fully saturated rings. The molecule has 0 unspecified atom stereocenters. The minimum atomic E-state index is -1.05. The van der Waals surface area contributed by atoms with E-state index in [1.54, 1.807) is 0 Å². The zero-order valence-corrected chi connectivity index (χ0v) is 10.3. The highest BCUT2D eigenvalue weighted by molar-refractivity contribution is 5.84. The lowest BCUT2D eigenvalue weighted by Crippen LogP contribution is -2.24. The Bertz CT molecular complexity index is 350. The summed E-state index contributed by atoms with van der Waals surface area (Å²) in [6.45, 7) is 3.39. The Labute approximate surface area is 100 Å². The van der Waals surface area contributed by atoms with Crippen molar-refractivity contribution in [1.29, 1.82) is 0 Å². The number of hydrogen-bond donors (Lipinski definition) is 2. The molecule has 7 nitrogen and oxygen atoms in total. The second-order valence-electron chi connectivity index (χ2n) is 4.08. The van der Waals surface area contributed by atoms with E-state index in [-0.39, 0.29) is 5.69 Å². The second kappa shape index (κ2) is 6.97. The summed E-state index contributed by atoms with van der Waals surface area (Å²) in [5.41, 5.74) is -0.0161. The van der Waals surface area contributed by atoms with Crippen molar-refractivity contribution in [2.45, 2.75) is 13.0 Å². The number of carboxylic acid groups (broad SMARTS) is 1. The summed E-state index contributed by atoms with van der Waals surface area (Å²) < 4.78 is 1.53. The smallest absolute Gasteiger partial charge is 0.358 e. The molecule has 1 rings (SSSR count). The molecule has 0 saturated carbocycles. The predicted molar refractivity (Wildman–Crippen MR) is 63.0 cm³/mol. The van der Waals surface area contributed by atoms with Gasteiger partial charge in [0.2, 0.25) is 0 Å². The molecule has 0 aromatic carbocycles. The molecule has 0 aliphatic rings. The van der Waals surface area contributed by atoms with Gasteiger partial charge in [0.25, 0.3) is 0 Å². The fourth-order valence-electron chi connectivity index (χ4n) is 1.34. The van der Waals surface area contributed by atoms with Gasteiger partial charge < -0.3 is 15.3 Å². The molecule has 1 aromatic heterocycles. The van der Waals surface area contributed by atoms with Crippen LogP contribution in [-0.2, 0) is 6.54 Å². The van der Waals surface area contributed by atoms with Crippen LogP contribution >= 0.6 is 0 Å². The summed E-state index contributed by atoms with van der Waals surface area (Å²) in [4.78, 5) is 12.7. The van der Waals surface area contributed by atoms with E-state index in [2.05, 4.69) is 20.5 Å². The lowest BCUT2D eigenvalue weighted by Gasteiger charge is -2.09. The Morgan fingerprint density at radius 1 is 1.53 bits per heavy atom. The minimum absolute atomic E-state index is 0.0161. The zero-order chi connectivity index (χ0) is 12.7. The first kappa shape index (κ1) is 13.6. The Hall–Kier alpha value is -1.47. The van der Waals surface area contributed by atoms with Crippen molar-refractivity contribution in [3.05, 3.63) is 11.9 Å². The maximum Gasteiger partial charge on any atom is 0.358 e. The molecular formula is C10H19N5O2. The molecule has 2 N–H and O–H groups in total. The molecule has 0 aliphatic heterocycles. The van der Waals surface area contributed by atoms with Gasteiger partial charge in [-0.15, -0.1) is 5.10 Å². The fraction of sp³-hybridized carbons (Fsp3) is 0.700. The molecule has 0 radical (unpaired) electrons. The Kier molecular flexibility index (Phi) is 5.58. The fourth-order valence-corrected chi connectivity index (χ4v) is 1.34. The Morgan fingerprint density at radius 2 is 2.29 bits per heavy atom. The zero-order valence-electron chi connectivity index (χ0n) is 10.3. The van der Waals surface area contributed by atoms with E-state index in [0.717, 1.165) is 26.1 Å². The van der Waals surface area contributed by atoms with Crippen molar-refractivity contribution in [2.75, 3.05) is 33.7 Å². The maximum atomic E-state index is 10.6. The highest BCUT2D eigenvalue weighted by Crippen LogP contribution is 1.91. The second-order valence-corrected chi connectivity index (χ2v) is 4.08. The molecule has 0 atom stereocenters. The Morgan fingerprint density at radius 3 is 2.88 bits per heavy atom. The first-order chi connectivity index (χ1) is 8.09. The summed E-state index contributed by atoms with van der Waals surface area (Å²) in [6.07, 6.45) is 2.52. The third-order valence-electron chi connectivity index (χ3n) is 2.23. The third-order valence-corrected chi connectivity index (χ3v) is 2.23. The average molecular weight is 241 g/mol. The van der Waals surface area contributed by atoms with E-state index in [4.69, 9.17) is 5.11 Å². The molecule has 96 valence electrons. The lowest BCUT2D eigenvalue weighted by atomic mass is 10.4. The number of carbonyl (C=O) groups is 1. The van der Waals surface area contributed by atoms with Crippen molar-refractivity contribution < 1.29 is 9.90 Å². The monoisotopic (exact) mass is 241 g/mol. The minimum Gasteiger partial charge on any atom is -0.476 e. The van der Waals surface area contributed by atoms with Crippen LogP contribution in [0, 0.1) is 0 Å². The van der Waals surface area contributed by atoms with Crippen LogP contribution in [0.4, 0.5) is 0 Å².